The second-order valence-electron chi connectivity index (χ2n) is 14.6. The SMILES string of the molecule is CC(C(=O)SCCNC(=O)CCNC(=O)[C@H](O)C(C)(C)COP(=O)(O)OP(=O)(O)OC[C@H]1O[C@@H](n2cnc3c(N)ncnc32)[C@H](O)[C@@H]1OP(=O)(O)O)C(=O)C(C)(C)C. The number of ether oxygens (including phenoxy) is 1. The fraction of sp³-hybridized carbons (Fsp3) is 0.690. The van der Waals surface area contributed by atoms with E-state index >= 15 is 0 Å². The number of hydrogen-bond acceptors (Lipinski definition) is 19. The molecular formula is C29H48N7O18P3S. The Kier molecular flexibility index (Phi) is 16.9. The van der Waals surface area contributed by atoms with Crippen LogP contribution in [-0.2, 0) is 55.5 Å². The summed E-state index contributed by atoms with van der Waals surface area (Å²) in [5, 5.41) is 26.0. The van der Waals surface area contributed by atoms with Crippen LogP contribution in [0.25, 0.3) is 11.2 Å². The number of nitrogens with zero attached hydrogens (tertiary/aromatic N) is 4. The van der Waals surface area contributed by atoms with Crippen molar-refractivity contribution < 1.29 is 85.3 Å². The largest absolute Gasteiger partial charge is 0.481 e. The second kappa shape index (κ2) is 19.7. The Bertz CT molecular complexity index is 1960. The van der Waals surface area contributed by atoms with Gasteiger partial charge in [-0.05, 0) is 6.92 Å². The zero-order valence-electron chi connectivity index (χ0n) is 32.1. The first-order chi connectivity index (χ1) is 26.5. The fourth-order valence-corrected chi connectivity index (χ4v) is 8.75. The van der Waals surface area contributed by atoms with Crippen LogP contribution in [0.3, 0.4) is 0 Å². The van der Waals surface area contributed by atoms with Crippen LogP contribution in [0.1, 0.15) is 54.2 Å². The molecule has 2 aromatic rings. The van der Waals surface area contributed by atoms with Crippen LogP contribution in [0.5, 0.6) is 0 Å². The van der Waals surface area contributed by atoms with Crippen LogP contribution < -0.4 is 16.4 Å². The number of nitrogens with two attached hydrogens (primary N) is 1. The van der Waals surface area contributed by atoms with Crippen molar-refractivity contribution in [3.05, 3.63) is 12.7 Å². The number of rotatable bonds is 21. The van der Waals surface area contributed by atoms with E-state index in [0.29, 0.717) is 0 Å². The lowest BCUT2D eigenvalue weighted by atomic mass is 9.84. The minimum absolute atomic E-state index is 0.0235. The van der Waals surface area contributed by atoms with E-state index in [1.54, 1.807) is 20.8 Å². The minimum atomic E-state index is -5.59. The molecule has 29 heteroatoms. The molecule has 0 spiro atoms. The first kappa shape index (κ1) is 49.6. The number of nitrogen functional groups attached to an aromatic ring is 1. The Hall–Kier alpha value is -2.77. The second-order valence-corrected chi connectivity index (χ2v) is 19.9. The summed E-state index contributed by atoms with van der Waals surface area (Å²) in [4.78, 5) is 100. The van der Waals surface area contributed by atoms with E-state index in [9.17, 15) is 62.7 Å². The van der Waals surface area contributed by atoms with Crippen LogP contribution in [0.4, 0.5) is 5.82 Å². The number of carbonyl (C=O) groups excluding carboxylic acids is 4. The van der Waals surface area contributed by atoms with Gasteiger partial charge in [0.2, 0.25) is 11.8 Å². The molecule has 0 radical (unpaired) electrons. The van der Waals surface area contributed by atoms with Crippen LogP contribution >= 0.6 is 35.2 Å². The Labute approximate surface area is 335 Å². The predicted octanol–water partition coefficient (Wildman–Crippen LogP) is -0.0840. The Morgan fingerprint density at radius 1 is 1.00 bits per heavy atom. The molecule has 3 heterocycles. The first-order valence-corrected chi connectivity index (χ1v) is 22.7. The lowest BCUT2D eigenvalue weighted by Gasteiger charge is -2.30. The molecule has 3 rings (SSSR count). The number of Topliss-reactive ketones (excluding diaryl/α,β-unsaturated/α-hetero) is 1. The van der Waals surface area contributed by atoms with Gasteiger partial charge in [-0.3, -0.25) is 37.3 Å². The monoisotopic (exact) mass is 907 g/mol. The van der Waals surface area contributed by atoms with E-state index in [0.717, 1.165) is 29.0 Å². The summed E-state index contributed by atoms with van der Waals surface area (Å²) in [6.45, 7) is 6.94. The van der Waals surface area contributed by atoms with Gasteiger partial charge in [0.1, 0.15) is 42.0 Å². The average Bonchev–Trinajstić information content (AvgIpc) is 3.66. The maximum Gasteiger partial charge on any atom is 0.481 e. The van der Waals surface area contributed by atoms with Crippen molar-refractivity contribution in [1.82, 2.24) is 30.2 Å². The summed E-state index contributed by atoms with van der Waals surface area (Å²) in [5.41, 5.74) is 3.54. The van der Waals surface area contributed by atoms with Gasteiger partial charge >= 0.3 is 23.5 Å². The molecule has 8 atom stereocenters. The molecular weight excluding hydrogens is 859 g/mol. The Morgan fingerprint density at radius 3 is 2.26 bits per heavy atom. The smallest absolute Gasteiger partial charge is 0.386 e. The molecule has 2 aromatic heterocycles. The van der Waals surface area contributed by atoms with Crippen LogP contribution in [0, 0.1) is 16.7 Å². The third-order valence-electron chi connectivity index (χ3n) is 8.23. The lowest BCUT2D eigenvalue weighted by molar-refractivity contribution is -0.137. The van der Waals surface area contributed by atoms with Gasteiger partial charge in [-0.15, -0.1) is 0 Å². The molecule has 25 nitrogen and oxygen atoms in total. The number of phosphoric acid groups is 3. The summed E-state index contributed by atoms with van der Waals surface area (Å²) >= 11 is 0.902. The van der Waals surface area contributed by atoms with Crippen LogP contribution in [0.15, 0.2) is 12.7 Å². The molecule has 0 saturated carbocycles. The number of amides is 2. The number of anilines is 1. The topological polar surface area (TPSA) is 381 Å². The van der Waals surface area contributed by atoms with Crippen molar-refractivity contribution in [3.63, 3.8) is 0 Å². The number of phosphoric ester groups is 3. The Morgan fingerprint density at radius 2 is 1.64 bits per heavy atom. The maximum atomic E-state index is 12.7. The van der Waals surface area contributed by atoms with Gasteiger partial charge in [0, 0.05) is 36.1 Å². The van der Waals surface area contributed by atoms with E-state index in [1.807, 2.05) is 0 Å². The van der Waals surface area contributed by atoms with Gasteiger partial charge in [0.25, 0.3) is 0 Å². The number of aliphatic hydroxyl groups is 2. The summed E-state index contributed by atoms with van der Waals surface area (Å²) < 4.78 is 62.1. The normalized spacial score (nSPS) is 22.1. The number of imidazole rings is 1. The molecule has 0 bridgehead atoms. The van der Waals surface area contributed by atoms with Gasteiger partial charge in [0.15, 0.2) is 22.8 Å². The molecule has 1 aliphatic rings. The highest BCUT2D eigenvalue weighted by atomic mass is 32.2. The molecule has 1 saturated heterocycles. The number of aromatic nitrogens is 4. The van der Waals surface area contributed by atoms with E-state index in [-0.39, 0.29) is 53.1 Å². The number of hydrogen-bond donors (Lipinski definition) is 9. The van der Waals surface area contributed by atoms with E-state index < -0.39 is 95.9 Å². The fourth-order valence-electron chi connectivity index (χ4n) is 5.16. The molecule has 58 heavy (non-hydrogen) atoms. The predicted molar refractivity (Wildman–Crippen MR) is 201 cm³/mol. The zero-order chi connectivity index (χ0) is 44.0. The van der Waals surface area contributed by atoms with Crippen molar-refractivity contribution in [1.29, 1.82) is 0 Å². The highest BCUT2D eigenvalue weighted by Gasteiger charge is 2.50. The van der Waals surface area contributed by atoms with Gasteiger partial charge in [-0.2, -0.15) is 4.31 Å². The molecule has 1 aliphatic heterocycles. The van der Waals surface area contributed by atoms with Crippen molar-refractivity contribution in [2.45, 2.75) is 78.6 Å². The third kappa shape index (κ3) is 14.2. The summed E-state index contributed by atoms with van der Waals surface area (Å²) in [5.74, 6) is -2.36. The number of aliphatic hydroxyl groups excluding tert-OH is 2. The van der Waals surface area contributed by atoms with Crippen LogP contribution in [-0.4, -0.2) is 128 Å². The van der Waals surface area contributed by atoms with Crippen molar-refractivity contribution >= 4 is 74.9 Å². The van der Waals surface area contributed by atoms with Crippen LogP contribution in [0.2, 0.25) is 0 Å². The van der Waals surface area contributed by atoms with E-state index in [1.165, 1.54) is 20.8 Å². The quantitative estimate of drug-likeness (QED) is 0.0449. The standard InChI is InChI=1S/C29H48N7O18P3S/c1-15(21(39)28(2,3)4)27(42)58-10-9-31-17(37)7-8-32-25(41)22(40)29(5,6)12-51-57(48,49)54-56(46,47)50-11-16-20(53-55(43,44)45)19(38)26(52-16)36-14-35-18-23(30)33-13-34-24(18)36/h13-16,19-20,22,26,38,40H,7-12H2,1-6H3,(H,31,37)(H,32,41)(H,46,47)(H,48,49)(H2,30,33,34)(H2,43,44,45)/t15?,16-,19-,20-,22+,26-/m1/s1. The Balaban J connectivity index is 1.48. The highest BCUT2D eigenvalue weighted by molar-refractivity contribution is 8.13. The van der Waals surface area contributed by atoms with Gasteiger partial charge in [0.05, 0.1) is 25.5 Å². The lowest BCUT2D eigenvalue weighted by Crippen LogP contribution is -2.46. The molecule has 10 N–H and O–H groups in total. The summed E-state index contributed by atoms with van der Waals surface area (Å²) in [6.07, 6.45) is -7.04. The zero-order valence-corrected chi connectivity index (χ0v) is 35.6. The number of nitrogens with one attached hydrogen (secondary N) is 2. The molecule has 0 aliphatic carbocycles. The van der Waals surface area contributed by atoms with Crippen molar-refractivity contribution in [2.75, 3.05) is 37.8 Å². The van der Waals surface area contributed by atoms with Gasteiger partial charge in [-0.1, -0.05) is 46.4 Å². The highest BCUT2D eigenvalue weighted by Crippen LogP contribution is 2.61. The molecule has 2 amide bonds. The van der Waals surface area contributed by atoms with Crippen molar-refractivity contribution in [3.8, 4) is 0 Å². The van der Waals surface area contributed by atoms with E-state index in [4.69, 9.17) is 19.5 Å². The number of carbonyl (C=O) groups is 4. The average molecular weight is 908 g/mol. The van der Waals surface area contributed by atoms with E-state index in [2.05, 4.69) is 34.4 Å². The van der Waals surface area contributed by atoms with Gasteiger partial charge < -0.3 is 50.9 Å². The maximum absolute atomic E-state index is 12.7. The molecule has 0 aromatic carbocycles. The first-order valence-electron chi connectivity index (χ1n) is 17.1. The summed E-state index contributed by atoms with van der Waals surface area (Å²) in [6, 6.07) is 0. The number of fused-ring (bicyclic) bond motifs is 1. The van der Waals surface area contributed by atoms with Crippen molar-refractivity contribution in [2.24, 2.45) is 16.7 Å². The number of thioether (sulfide) groups is 1. The summed E-state index contributed by atoms with van der Waals surface area (Å²) in [7, 11) is -16.4. The molecule has 328 valence electrons. The van der Waals surface area contributed by atoms with Gasteiger partial charge in [-0.25, -0.2) is 28.6 Å². The third-order valence-corrected chi connectivity index (χ3v) is 12.4. The number of ketones is 1. The molecule has 1 fully saturated rings. The minimum Gasteiger partial charge on any atom is -0.386 e. The molecule has 3 unspecified atom stereocenters.